The van der Waals surface area contributed by atoms with Crippen molar-refractivity contribution in [3.05, 3.63) is 57.8 Å². The van der Waals surface area contributed by atoms with E-state index in [0.717, 1.165) is 0 Å². The molecule has 0 radical (unpaired) electrons. The molecule has 0 saturated carbocycles. The van der Waals surface area contributed by atoms with Crippen LogP contribution < -0.4 is 11.1 Å². The van der Waals surface area contributed by atoms with Crippen molar-refractivity contribution in [1.29, 1.82) is 0 Å². The fraction of sp³-hybridized carbons (Fsp3) is 0. The normalized spacial score (nSPS) is 10.3. The Labute approximate surface area is 119 Å². The van der Waals surface area contributed by atoms with Crippen LogP contribution in [-0.2, 0) is 0 Å². The van der Waals surface area contributed by atoms with E-state index in [0.29, 0.717) is 16.9 Å². The van der Waals surface area contributed by atoms with Crippen molar-refractivity contribution in [1.82, 2.24) is 0 Å². The second-order valence-corrected chi connectivity index (χ2v) is 4.64. The van der Waals surface area contributed by atoms with Crippen LogP contribution in [0.15, 0.2) is 36.4 Å². The second kappa shape index (κ2) is 5.47. The molecule has 0 unspecified atom stereocenters. The van der Waals surface area contributed by atoms with Gasteiger partial charge in [-0.05, 0) is 36.4 Å². The molecular formula is C13H9Cl2FN2O. The summed E-state index contributed by atoms with van der Waals surface area (Å²) in [6, 6.07) is 8.96. The average Bonchev–Trinajstić information content (AvgIpc) is 2.36. The van der Waals surface area contributed by atoms with Crippen molar-refractivity contribution >= 4 is 40.5 Å². The van der Waals surface area contributed by atoms with Gasteiger partial charge in [-0.2, -0.15) is 0 Å². The van der Waals surface area contributed by atoms with E-state index in [1.165, 1.54) is 12.1 Å². The number of anilines is 2. The maximum absolute atomic E-state index is 13.2. The number of nitrogens with two attached hydrogens (primary N) is 1. The first-order chi connectivity index (χ1) is 8.97. The van der Waals surface area contributed by atoms with E-state index in [-0.39, 0.29) is 16.0 Å². The number of hydrogen-bond donors (Lipinski definition) is 2. The minimum Gasteiger partial charge on any atom is -0.399 e. The van der Waals surface area contributed by atoms with Gasteiger partial charge in [0.05, 0.1) is 10.0 Å². The molecule has 0 saturated heterocycles. The minimum atomic E-state index is -0.714. The van der Waals surface area contributed by atoms with Crippen LogP contribution in [0.4, 0.5) is 15.8 Å². The molecule has 2 rings (SSSR count). The fourth-order valence-electron chi connectivity index (χ4n) is 1.47. The molecule has 2 aromatic carbocycles. The van der Waals surface area contributed by atoms with E-state index < -0.39 is 5.82 Å². The van der Waals surface area contributed by atoms with Gasteiger partial charge < -0.3 is 11.1 Å². The SMILES string of the molecule is Nc1ccc(C(=O)Nc2cc(Cl)c(F)c(Cl)c2)cc1. The summed E-state index contributed by atoms with van der Waals surface area (Å²) in [5, 5.41) is 2.27. The van der Waals surface area contributed by atoms with Crippen LogP contribution in [0.5, 0.6) is 0 Å². The van der Waals surface area contributed by atoms with Crippen molar-refractivity contribution in [2.45, 2.75) is 0 Å². The van der Waals surface area contributed by atoms with Crippen LogP contribution in [0.1, 0.15) is 10.4 Å². The molecule has 3 N–H and O–H groups in total. The summed E-state index contributed by atoms with van der Waals surface area (Å²) in [6.07, 6.45) is 0. The number of amides is 1. The Hall–Kier alpha value is -1.78. The zero-order valence-corrected chi connectivity index (χ0v) is 11.1. The number of benzene rings is 2. The number of hydrogen-bond acceptors (Lipinski definition) is 2. The van der Waals surface area contributed by atoms with Gasteiger partial charge in [-0.1, -0.05) is 23.2 Å². The topological polar surface area (TPSA) is 55.1 Å². The lowest BCUT2D eigenvalue weighted by Crippen LogP contribution is -2.12. The Morgan fingerprint density at radius 1 is 1.11 bits per heavy atom. The molecular weight excluding hydrogens is 290 g/mol. The minimum absolute atomic E-state index is 0.153. The van der Waals surface area contributed by atoms with Crippen LogP contribution in [0.2, 0.25) is 10.0 Å². The molecule has 0 atom stereocenters. The number of rotatable bonds is 2. The predicted octanol–water partition coefficient (Wildman–Crippen LogP) is 3.97. The lowest BCUT2D eigenvalue weighted by molar-refractivity contribution is 0.102. The largest absolute Gasteiger partial charge is 0.399 e. The number of halogens is 3. The second-order valence-electron chi connectivity index (χ2n) is 3.83. The fourth-order valence-corrected chi connectivity index (χ4v) is 1.95. The molecule has 0 aromatic heterocycles. The third-order valence-electron chi connectivity index (χ3n) is 2.41. The molecule has 0 heterocycles. The van der Waals surface area contributed by atoms with Crippen LogP contribution in [0.3, 0.4) is 0 Å². The zero-order chi connectivity index (χ0) is 14.0. The van der Waals surface area contributed by atoms with Crippen LogP contribution in [0.25, 0.3) is 0 Å². The molecule has 0 aliphatic rings. The third kappa shape index (κ3) is 3.16. The lowest BCUT2D eigenvalue weighted by atomic mass is 10.2. The average molecular weight is 299 g/mol. The maximum Gasteiger partial charge on any atom is 0.255 e. The third-order valence-corrected chi connectivity index (χ3v) is 2.96. The molecule has 0 aliphatic carbocycles. The van der Waals surface area contributed by atoms with E-state index >= 15 is 0 Å². The first-order valence-corrected chi connectivity index (χ1v) is 6.04. The molecule has 3 nitrogen and oxygen atoms in total. The molecule has 0 bridgehead atoms. The quantitative estimate of drug-likeness (QED) is 0.651. The van der Waals surface area contributed by atoms with Gasteiger partial charge in [0.25, 0.3) is 5.91 Å². The van der Waals surface area contributed by atoms with Gasteiger partial charge >= 0.3 is 0 Å². The van der Waals surface area contributed by atoms with Crippen LogP contribution >= 0.6 is 23.2 Å². The summed E-state index contributed by atoms with van der Waals surface area (Å²) in [6.45, 7) is 0. The first kappa shape index (κ1) is 13.6. The summed E-state index contributed by atoms with van der Waals surface area (Å²) in [5.41, 5.74) is 6.83. The van der Waals surface area contributed by atoms with Crippen molar-refractivity contribution in [3.63, 3.8) is 0 Å². The number of nitrogens with one attached hydrogen (secondary N) is 1. The Morgan fingerprint density at radius 2 is 1.63 bits per heavy atom. The van der Waals surface area contributed by atoms with Crippen molar-refractivity contribution < 1.29 is 9.18 Å². The molecule has 0 spiro atoms. The van der Waals surface area contributed by atoms with Gasteiger partial charge in [0.15, 0.2) is 5.82 Å². The Balaban J connectivity index is 2.22. The van der Waals surface area contributed by atoms with Crippen LogP contribution in [0, 0.1) is 5.82 Å². The van der Waals surface area contributed by atoms with Gasteiger partial charge in [0.2, 0.25) is 0 Å². The molecule has 2 aromatic rings. The summed E-state index contributed by atoms with van der Waals surface area (Å²) in [4.78, 5) is 11.9. The van der Waals surface area contributed by atoms with Crippen LogP contribution in [-0.4, -0.2) is 5.91 Å². The number of carbonyl (C=O) groups excluding carboxylic acids is 1. The van der Waals surface area contributed by atoms with Gasteiger partial charge in [0, 0.05) is 16.9 Å². The van der Waals surface area contributed by atoms with Gasteiger partial charge in [0.1, 0.15) is 0 Å². The summed E-state index contributed by atoms with van der Waals surface area (Å²) in [7, 11) is 0. The van der Waals surface area contributed by atoms with Gasteiger partial charge in [-0.3, -0.25) is 4.79 Å². The summed E-state index contributed by atoms with van der Waals surface area (Å²) in [5.74, 6) is -1.08. The summed E-state index contributed by atoms with van der Waals surface area (Å²) >= 11 is 11.3. The van der Waals surface area contributed by atoms with E-state index in [1.807, 2.05) is 0 Å². The Bertz CT molecular complexity index is 606. The molecule has 1 amide bonds. The molecule has 0 fully saturated rings. The monoisotopic (exact) mass is 298 g/mol. The number of nitrogen functional groups attached to an aromatic ring is 1. The molecule has 98 valence electrons. The highest BCUT2D eigenvalue weighted by molar-refractivity contribution is 6.35. The lowest BCUT2D eigenvalue weighted by Gasteiger charge is -2.07. The summed E-state index contributed by atoms with van der Waals surface area (Å²) < 4.78 is 13.2. The highest BCUT2D eigenvalue weighted by Crippen LogP contribution is 2.27. The smallest absolute Gasteiger partial charge is 0.255 e. The van der Waals surface area contributed by atoms with Crippen molar-refractivity contribution in [2.75, 3.05) is 11.1 Å². The molecule has 19 heavy (non-hydrogen) atoms. The predicted molar refractivity (Wildman–Crippen MR) is 75.2 cm³/mol. The Morgan fingerprint density at radius 3 is 2.16 bits per heavy atom. The first-order valence-electron chi connectivity index (χ1n) is 5.29. The number of carbonyl (C=O) groups is 1. The van der Waals surface area contributed by atoms with E-state index in [4.69, 9.17) is 28.9 Å². The van der Waals surface area contributed by atoms with Gasteiger partial charge in [-0.25, -0.2) is 4.39 Å². The van der Waals surface area contributed by atoms with E-state index in [9.17, 15) is 9.18 Å². The highest BCUT2D eigenvalue weighted by atomic mass is 35.5. The molecule has 0 aliphatic heterocycles. The van der Waals surface area contributed by atoms with Crippen molar-refractivity contribution in [3.8, 4) is 0 Å². The standard InChI is InChI=1S/C13H9Cl2FN2O/c14-10-5-9(6-11(15)12(10)16)18-13(19)7-1-3-8(17)4-2-7/h1-6H,17H2,(H,18,19). The highest BCUT2D eigenvalue weighted by Gasteiger charge is 2.10. The zero-order valence-electron chi connectivity index (χ0n) is 9.58. The van der Waals surface area contributed by atoms with Gasteiger partial charge in [-0.15, -0.1) is 0 Å². The molecule has 6 heteroatoms. The Kier molecular flexibility index (Phi) is 3.93. The van der Waals surface area contributed by atoms with E-state index in [2.05, 4.69) is 5.32 Å². The van der Waals surface area contributed by atoms with E-state index in [1.54, 1.807) is 24.3 Å². The van der Waals surface area contributed by atoms with Crippen molar-refractivity contribution in [2.24, 2.45) is 0 Å². The maximum atomic E-state index is 13.2.